The molecule has 1 amide bonds. The minimum absolute atomic E-state index is 0.112. The van der Waals surface area contributed by atoms with Gasteiger partial charge >= 0.3 is 12.1 Å². The summed E-state index contributed by atoms with van der Waals surface area (Å²) in [5.41, 5.74) is 1.68. The number of carboxylic acids is 1. The average molecular weight is 630 g/mol. The Morgan fingerprint density at radius 1 is 1.00 bits per heavy atom. The third-order valence-electron chi connectivity index (χ3n) is 7.89. The number of halogens is 5. The van der Waals surface area contributed by atoms with E-state index in [-0.39, 0.29) is 25.2 Å². The molecular weight excluding hydrogens is 601 g/mol. The van der Waals surface area contributed by atoms with Gasteiger partial charge in [0.15, 0.2) is 0 Å². The first-order valence-electron chi connectivity index (χ1n) is 14.0. The highest BCUT2D eigenvalue weighted by Gasteiger charge is 2.38. The number of aromatic nitrogens is 1. The summed E-state index contributed by atoms with van der Waals surface area (Å²) in [6.45, 7) is 1.51. The van der Waals surface area contributed by atoms with Crippen molar-refractivity contribution in [1.82, 2.24) is 9.88 Å². The van der Waals surface area contributed by atoms with Gasteiger partial charge in [-0.25, -0.2) is 13.6 Å². The minimum Gasteiger partial charge on any atom is -0.480 e. The maximum atomic E-state index is 14.8. The predicted molar refractivity (Wildman–Crippen MR) is 156 cm³/mol. The van der Waals surface area contributed by atoms with Crippen LogP contribution in [0.3, 0.4) is 0 Å². The zero-order chi connectivity index (χ0) is 32.6. The third-order valence-corrected chi connectivity index (χ3v) is 7.89. The lowest BCUT2D eigenvalue weighted by molar-refractivity contribution is -0.143. The molecule has 0 fully saturated rings. The molecule has 0 saturated heterocycles. The van der Waals surface area contributed by atoms with E-state index in [4.69, 9.17) is 4.74 Å². The summed E-state index contributed by atoms with van der Waals surface area (Å²) >= 11 is 0. The number of alkyl halides is 3. The number of fused-ring (bicyclic) bond motifs is 2. The van der Waals surface area contributed by atoms with Gasteiger partial charge in [0, 0.05) is 24.7 Å². The molecular formula is C32H28F5N3O5. The fourth-order valence-corrected chi connectivity index (χ4v) is 5.54. The van der Waals surface area contributed by atoms with Crippen LogP contribution in [-0.2, 0) is 36.2 Å². The topological polar surface area (TPSA) is 110 Å². The number of benzene rings is 3. The van der Waals surface area contributed by atoms with Gasteiger partial charge in [-0.3, -0.25) is 9.59 Å². The maximum absolute atomic E-state index is 14.8. The van der Waals surface area contributed by atoms with Crippen molar-refractivity contribution in [3.8, 4) is 11.1 Å². The molecule has 2 heterocycles. The number of aryl methyl sites for hydroxylation is 1. The molecule has 1 aliphatic rings. The Morgan fingerprint density at radius 2 is 1.67 bits per heavy atom. The predicted octanol–water partition coefficient (Wildman–Crippen LogP) is 5.69. The number of anilines is 1. The highest BCUT2D eigenvalue weighted by atomic mass is 19.4. The number of para-hydroxylation sites is 1. The van der Waals surface area contributed by atoms with Gasteiger partial charge < -0.3 is 25.0 Å². The van der Waals surface area contributed by atoms with E-state index in [1.165, 1.54) is 11.5 Å². The quantitative estimate of drug-likeness (QED) is 0.205. The first kappa shape index (κ1) is 31.6. The molecule has 8 nitrogen and oxygen atoms in total. The molecule has 236 valence electrons. The summed E-state index contributed by atoms with van der Waals surface area (Å²) in [6, 6.07) is 9.84. The van der Waals surface area contributed by atoms with Gasteiger partial charge in [0.05, 0.1) is 18.7 Å². The molecule has 3 N–H and O–H groups in total. The molecule has 3 aromatic carbocycles. The van der Waals surface area contributed by atoms with E-state index in [2.05, 4.69) is 5.32 Å². The van der Waals surface area contributed by atoms with Crippen LogP contribution >= 0.6 is 0 Å². The Labute approximate surface area is 253 Å². The van der Waals surface area contributed by atoms with E-state index < -0.39 is 59.4 Å². The van der Waals surface area contributed by atoms with Gasteiger partial charge in [-0.2, -0.15) is 13.2 Å². The zero-order valence-electron chi connectivity index (χ0n) is 24.1. The Kier molecular flexibility index (Phi) is 8.66. The molecule has 0 saturated carbocycles. The summed E-state index contributed by atoms with van der Waals surface area (Å²) < 4.78 is 76.1. The van der Waals surface area contributed by atoms with Crippen molar-refractivity contribution in [3.05, 3.63) is 98.8 Å². The molecule has 0 radical (unpaired) electrons. The van der Waals surface area contributed by atoms with Crippen LogP contribution in [0.25, 0.3) is 22.0 Å². The third kappa shape index (κ3) is 6.25. The molecule has 45 heavy (non-hydrogen) atoms. The number of carboxylic acid groups (broad SMARTS) is 1. The number of nitrogens with zero attached hydrogens (tertiary/aromatic N) is 1. The monoisotopic (exact) mass is 629 g/mol. The van der Waals surface area contributed by atoms with Crippen molar-refractivity contribution in [1.29, 1.82) is 0 Å². The van der Waals surface area contributed by atoms with E-state index in [1.54, 1.807) is 25.2 Å². The molecule has 2 atom stereocenters. The van der Waals surface area contributed by atoms with Gasteiger partial charge in [0.2, 0.25) is 0 Å². The van der Waals surface area contributed by atoms with Crippen molar-refractivity contribution in [2.45, 2.75) is 51.2 Å². The molecule has 0 aliphatic carbocycles. The van der Waals surface area contributed by atoms with Crippen LogP contribution in [0, 0.1) is 11.6 Å². The van der Waals surface area contributed by atoms with Crippen LogP contribution in [0.2, 0.25) is 0 Å². The highest BCUT2D eigenvalue weighted by Crippen LogP contribution is 2.34. The minimum atomic E-state index is -4.68. The first-order chi connectivity index (χ1) is 21.3. The SMILES string of the molecule is CCC(Nc1cc(F)c(C(=O)NC(Cc2ccc(-c3cc4ccccc4n(C)c3=O)c3c2COC3)C(=O)O)c(F)c1)C(F)(F)F. The lowest BCUT2D eigenvalue weighted by Crippen LogP contribution is -2.43. The molecule has 0 spiro atoms. The second-order valence-corrected chi connectivity index (χ2v) is 10.7. The van der Waals surface area contributed by atoms with E-state index in [9.17, 15) is 41.4 Å². The second kappa shape index (κ2) is 12.3. The zero-order valence-corrected chi connectivity index (χ0v) is 24.1. The van der Waals surface area contributed by atoms with E-state index >= 15 is 0 Å². The summed E-state index contributed by atoms with van der Waals surface area (Å²) in [5.74, 6) is -5.81. The van der Waals surface area contributed by atoms with Crippen LogP contribution in [0.1, 0.15) is 40.4 Å². The molecule has 13 heteroatoms. The van der Waals surface area contributed by atoms with Crippen molar-refractivity contribution in [3.63, 3.8) is 0 Å². The second-order valence-electron chi connectivity index (χ2n) is 10.7. The van der Waals surface area contributed by atoms with Crippen LogP contribution in [0.4, 0.5) is 27.6 Å². The standard InChI is InChI=1S/C32H28F5N3O5/c1-3-27(32(35,36)37)38-18-12-23(33)28(24(34)13-18)29(41)39-25(31(43)44)11-16-8-9-19(22-15-45-14-21(16)22)20-10-17-6-4-5-7-26(17)40(2)30(20)42/h4-10,12-13,25,27,38H,3,11,14-15H2,1-2H3,(H,39,41)(H,43,44). The summed E-state index contributed by atoms with van der Waals surface area (Å²) in [7, 11) is 1.67. The van der Waals surface area contributed by atoms with Crippen LogP contribution in [0.15, 0.2) is 59.4 Å². The molecule has 4 aromatic rings. The van der Waals surface area contributed by atoms with Gasteiger partial charge in [-0.15, -0.1) is 0 Å². The van der Waals surface area contributed by atoms with Crippen molar-refractivity contribution >= 4 is 28.5 Å². The van der Waals surface area contributed by atoms with E-state index in [0.29, 0.717) is 39.9 Å². The van der Waals surface area contributed by atoms with Gasteiger partial charge in [0.1, 0.15) is 29.3 Å². The van der Waals surface area contributed by atoms with E-state index in [0.717, 1.165) is 10.9 Å². The number of rotatable bonds is 9. The molecule has 1 aliphatic heterocycles. The Bertz CT molecular complexity index is 1850. The molecule has 0 bridgehead atoms. The van der Waals surface area contributed by atoms with Gasteiger partial charge in [-0.1, -0.05) is 37.3 Å². The highest BCUT2D eigenvalue weighted by molar-refractivity contribution is 5.97. The molecule has 5 rings (SSSR count). The van der Waals surface area contributed by atoms with Gasteiger partial charge in [0.25, 0.3) is 11.5 Å². The number of aliphatic carboxylic acids is 1. The number of hydrogen-bond acceptors (Lipinski definition) is 5. The number of hydrogen-bond donors (Lipinski definition) is 3. The molecule has 1 aromatic heterocycles. The summed E-state index contributed by atoms with van der Waals surface area (Å²) in [6.07, 6.45) is -5.38. The Morgan fingerprint density at radius 3 is 2.31 bits per heavy atom. The van der Waals surface area contributed by atoms with Crippen LogP contribution in [-0.4, -0.2) is 39.8 Å². The maximum Gasteiger partial charge on any atom is 0.408 e. The lowest BCUT2D eigenvalue weighted by atomic mass is 9.91. The number of nitrogens with one attached hydrogen (secondary N) is 2. The van der Waals surface area contributed by atoms with Crippen molar-refractivity contribution in [2.75, 3.05) is 5.32 Å². The number of pyridine rings is 1. The van der Waals surface area contributed by atoms with Crippen molar-refractivity contribution < 1.29 is 41.4 Å². The van der Waals surface area contributed by atoms with Crippen LogP contribution < -0.4 is 16.2 Å². The average Bonchev–Trinajstić information content (AvgIpc) is 3.47. The number of ether oxygens (including phenoxy) is 1. The number of carbonyl (C=O) groups is 2. The fourth-order valence-electron chi connectivity index (χ4n) is 5.54. The fraction of sp³-hybridized carbons (Fsp3) is 0.281. The van der Waals surface area contributed by atoms with Crippen molar-refractivity contribution in [2.24, 2.45) is 7.05 Å². The van der Waals surface area contributed by atoms with Crippen LogP contribution in [0.5, 0.6) is 0 Å². The number of carbonyl (C=O) groups excluding carboxylic acids is 1. The Hall–Kier alpha value is -4.78. The molecule has 2 unspecified atom stereocenters. The van der Waals surface area contributed by atoms with Gasteiger partial charge in [-0.05, 0) is 58.3 Å². The normalized spacial score (nSPS) is 14.2. The van der Waals surface area contributed by atoms with E-state index in [1.807, 2.05) is 29.6 Å². The Balaban J connectivity index is 1.41. The lowest BCUT2D eigenvalue weighted by Gasteiger charge is -2.22. The number of amides is 1. The largest absolute Gasteiger partial charge is 0.480 e. The first-order valence-corrected chi connectivity index (χ1v) is 14.0. The summed E-state index contributed by atoms with van der Waals surface area (Å²) in [4.78, 5) is 38.3. The smallest absolute Gasteiger partial charge is 0.408 e. The summed E-state index contributed by atoms with van der Waals surface area (Å²) in [5, 5.41) is 14.8.